The van der Waals surface area contributed by atoms with Crippen LogP contribution < -0.4 is 0 Å². The number of carboxylic acid groups (broad SMARTS) is 1. The maximum Gasteiger partial charge on any atom is 0.348 e. The van der Waals surface area contributed by atoms with Crippen LogP contribution in [0.4, 0.5) is 0 Å². The summed E-state index contributed by atoms with van der Waals surface area (Å²) in [4.78, 5) is 15.0. The zero-order chi connectivity index (χ0) is 9.97. The highest BCUT2D eigenvalue weighted by Gasteiger charge is 2.14. The van der Waals surface area contributed by atoms with Crippen LogP contribution in [-0.4, -0.2) is 20.4 Å². The van der Waals surface area contributed by atoms with E-state index < -0.39 is 5.97 Å². The zero-order valence-corrected chi connectivity index (χ0v) is 7.86. The van der Waals surface area contributed by atoms with Crippen LogP contribution in [0.1, 0.15) is 9.67 Å². The van der Waals surface area contributed by atoms with Gasteiger partial charge in [0.2, 0.25) is 0 Å². The Bertz CT molecular complexity index is 453. The Morgan fingerprint density at radius 2 is 2.29 bits per heavy atom. The Kier molecular flexibility index (Phi) is 2.24. The third-order valence-electron chi connectivity index (χ3n) is 1.74. The van der Waals surface area contributed by atoms with E-state index in [1.807, 2.05) is 6.07 Å². The van der Waals surface area contributed by atoms with Crippen LogP contribution in [-0.2, 0) is 0 Å². The van der Waals surface area contributed by atoms with Crippen molar-refractivity contribution in [2.24, 2.45) is 0 Å². The molecule has 0 fully saturated rings. The summed E-state index contributed by atoms with van der Waals surface area (Å²) < 4.78 is 3.85. The summed E-state index contributed by atoms with van der Waals surface area (Å²) in [6.07, 6.45) is 4.81. The standard InChI is InChI=1S/C9H6N2O2S/c12-9(13)8-7(5-11-14-8)6-2-1-3-10-4-6/h1-5H,(H,12,13). The second kappa shape index (κ2) is 3.55. The van der Waals surface area contributed by atoms with Gasteiger partial charge in [-0.15, -0.1) is 0 Å². The lowest BCUT2D eigenvalue weighted by Gasteiger charge is -1.96. The van der Waals surface area contributed by atoms with E-state index in [1.54, 1.807) is 24.7 Å². The second-order valence-electron chi connectivity index (χ2n) is 2.62. The highest BCUT2D eigenvalue weighted by Crippen LogP contribution is 2.25. The summed E-state index contributed by atoms with van der Waals surface area (Å²) in [6.45, 7) is 0. The molecule has 0 aromatic carbocycles. The van der Waals surface area contributed by atoms with Gasteiger partial charge in [0.25, 0.3) is 0 Å². The average molecular weight is 206 g/mol. The molecule has 0 aliphatic carbocycles. The molecule has 2 rings (SSSR count). The zero-order valence-electron chi connectivity index (χ0n) is 7.04. The van der Waals surface area contributed by atoms with Crippen molar-refractivity contribution in [2.45, 2.75) is 0 Å². The smallest absolute Gasteiger partial charge is 0.348 e. The van der Waals surface area contributed by atoms with Gasteiger partial charge in [0.05, 0.1) is 0 Å². The lowest BCUT2D eigenvalue weighted by molar-refractivity contribution is 0.0703. The van der Waals surface area contributed by atoms with E-state index in [-0.39, 0.29) is 4.88 Å². The van der Waals surface area contributed by atoms with E-state index in [0.717, 1.165) is 17.1 Å². The molecule has 4 nitrogen and oxygen atoms in total. The molecule has 0 amide bonds. The van der Waals surface area contributed by atoms with E-state index in [0.29, 0.717) is 5.56 Å². The molecule has 2 heterocycles. The predicted molar refractivity (Wildman–Crippen MR) is 52.3 cm³/mol. The fourth-order valence-corrected chi connectivity index (χ4v) is 1.73. The van der Waals surface area contributed by atoms with E-state index >= 15 is 0 Å². The normalized spacial score (nSPS) is 10.0. The maximum atomic E-state index is 10.8. The molecule has 0 spiro atoms. The number of carbonyl (C=O) groups is 1. The topological polar surface area (TPSA) is 63.1 Å². The van der Waals surface area contributed by atoms with Gasteiger partial charge in [-0.05, 0) is 17.6 Å². The maximum absolute atomic E-state index is 10.8. The number of rotatable bonds is 2. The highest BCUT2D eigenvalue weighted by molar-refractivity contribution is 7.08. The monoisotopic (exact) mass is 206 g/mol. The number of nitrogens with zero attached hydrogens (tertiary/aromatic N) is 2. The molecule has 0 radical (unpaired) electrons. The Labute approximate surface area is 84.0 Å². The van der Waals surface area contributed by atoms with E-state index in [2.05, 4.69) is 9.36 Å². The molecular weight excluding hydrogens is 200 g/mol. The van der Waals surface area contributed by atoms with Crippen molar-refractivity contribution in [3.05, 3.63) is 35.6 Å². The number of hydrogen-bond acceptors (Lipinski definition) is 4. The Hall–Kier alpha value is -1.75. The minimum Gasteiger partial charge on any atom is -0.477 e. The summed E-state index contributed by atoms with van der Waals surface area (Å²) in [7, 11) is 0. The van der Waals surface area contributed by atoms with Crippen molar-refractivity contribution in [1.29, 1.82) is 0 Å². The van der Waals surface area contributed by atoms with Gasteiger partial charge in [0.1, 0.15) is 4.88 Å². The van der Waals surface area contributed by atoms with Gasteiger partial charge < -0.3 is 5.11 Å². The molecule has 1 N–H and O–H groups in total. The predicted octanol–water partition coefficient (Wildman–Crippen LogP) is 1.90. The summed E-state index contributed by atoms with van der Waals surface area (Å²) in [6, 6.07) is 3.57. The van der Waals surface area contributed by atoms with E-state index in [4.69, 9.17) is 5.11 Å². The lowest BCUT2D eigenvalue weighted by atomic mass is 10.1. The van der Waals surface area contributed by atoms with Crippen molar-refractivity contribution in [3.8, 4) is 11.1 Å². The molecule has 14 heavy (non-hydrogen) atoms. The number of carboxylic acids is 1. The molecule has 70 valence electrons. The van der Waals surface area contributed by atoms with Gasteiger partial charge in [-0.25, -0.2) is 4.79 Å². The third-order valence-corrected chi connectivity index (χ3v) is 2.53. The summed E-state index contributed by atoms with van der Waals surface area (Å²) in [5.41, 5.74) is 1.40. The molecule has 0 saturated carbocycles. The molecule has 0 atom stereocenters. The third kappa shape index (κ3) is 1.49. The van der Waals surface area contributed by atoms with Crippen LogP contribution >= 0.6 is 11.5 Å². The van der Waals surface area contributed by atoms with Crippen molar-refractivity contribution in [3.63, 3.8) is 0 Å². The highest BCUT2D eigenvalue weighted by atomic mass is 32.1. The Balaban J connectivity index is 2.52. The molecule has 0 aliphatic rings. The fourth-order valence-electron chi connectivity index (χ4n) is 1.12. The number of pyridine rings is 1. The largest absolute Gasteiger partial charge is 0.477 e. The van der Waals surface area contributed by atoms with E-state index in [1.165, 1.54) is 0 Å². The number of aromatic carboxylic acids is 1. The van der Waals surface area contributed by atoms with Crippen LogP contribution in [0.25, 0.3) is 11.1 Å². The first-order chi connectivity index (χ1) is 6.79. The van der Waals surface area contributed by atoms with Crippen LogP contribution in [0.2, 0.25) is 0 Å². The van der Waals surface area contributed by atoms with Crippen LogP contribution in [0, 0.1) is 0 Å². The molecule has 2 aromatic heterocycles. The first-order valence-electron chi connectivity index (χ1n) is 3.87. The summed E-state index contributed by atoms with van der Waals surface area (Å²) in [5, 5.41) is 8.87. The minimum atomic E-state index is -0.952. The fraction of sp³-hybridized carbons (Fsp3) is 0. The molecule has 0 aliphatic heterocycles. The molecule has 2 aromatic rings. The van der Waals surface area contributed by atoms with Crippen LogP contribution in [0.15, 0.2) is 30.7 Å². The average Bonchev–Trinajstić information content (AvgIpc) is 2.67. The molecule has 0 bridgehead atoms. The molecular formula is C9H6N2O2S. The molecule has 0 saturated heterocycles. The van der Waals surface area contributed by atoms with Gasteiger partial charge in [-0.2, -0.15) is 4.37 Å². The summed E-state index contributed by atoms with van der Waals surface area (Å²) in [5.74, 6) is -0.952. The van der Waals surface area contributed by atoms with Crippen molar-refractivity contribution < 1.29 is 9.90 Å². The SMILES string of the molecule is O=C(O)c1sncc1-c1cccnc1. The van der Waals surface area contributed by atoms with Gasteiger partial charge in [0.15, 0.2) is 0 Å². The number of aromatic nitrogens is 2. The van der Waals surface area contributed by atoms with Crippen LogP contribution in [0.3, 0.4) is 0 Å². The van der Waals surface area contributed by atoms with Crippen molar-refractivity contribution in [1.82, 2.24) is 9.36 Å². The van der Waals surface area contributed by atoms with Crippen LogP contribution in [0.5, 0.6) is 0 Å². The van der Waals surface area contributed by atoms with Gasteiger partial charge in [0, 0.05) is 29.7 Å². The second-order valence-corrected chi connectivity index (χ2v) is 3.42. The van der Waals surface area contributed by atoms with Crippen molar-refractivity contribution >= 4 is 17.5 Å². The summed E-state index contributed by atoms with van der Waals surface area (Å²) >= 11 is 0.975. The van der Waals surface area contributed by atoms with Gasteiger partial charge in [-0.1, -0.05) is 6.07 Å². The van der Waals surface area contributed by atoms with Crippen molar-refractivity contribution in [2.75, 3.05) is 0 Å². The first-order valence-corrected chi connectivity index (χ1v) is 4.65. The molecule has 5 heteroatoms. The molecule has 0 unspecified atom stereocenters. The van der Waals surface area contributed by atoms with E-state index in [9.17, 15) is 4.79 Å². The quantitative estimate of drug-likeness (QED) is 0.815. The van der Waals surface area contributed by atoms with Gasteiger partial charge in [-0.3, -0.25) is 4.98 Å². The Morgan fingerprint density at radius 3 is 2.93 bits per heavy atom. The number of hydrogen-bond donors (Lipinski definition) is 1. The first kappa shape index (κ1) is 8.83. The van der Waals surface area contributed by atoms with Gasteiger partial charge >= 0.3 is 5.97 Å². The minimum absolute atomic E-state index is 0.248. The lowest BCUT2D eigenvalue weighted by Crippen LogP contribution is -1.94. The Morgan fingerprint density at radius 1 is 1.43 bits per heavy atom.